The lowest BCUT2D eigenvalue weighted by Crippen LogP contribution is -2.27. The van der Waals surface area contributed by atoms with E-state index in [0.717, 1.165) is 17.8 Å². The van der Waals surface area contributed by atoms with Gasteiger partial charge < -0.3 is 5.32 Å². The molecule has 0 aromatic carbocycles. The van der Waals surface area contributed by atoms with Gasteiger partial charge in [-0.2, -0.15) is 0 Å². The lowest BCUT2D eigenvalue weighted by atomic mass is 9.97. The summed E-state index contributed by atoms with van der Waals surface area (Å²) in [6.07, 6.45) is 5.95. The number of rotatable bonds is 6. The van der Waals surface area contributed by atoms with Gasteiger partial charge in [-0.15, -0.1) is 11.3 Å². The molecule has 0 bridgehead atoms. The summed E-state index contributed by atoms with van der Waals surface area (Å²) in [5.41, 5.74) is 0. The van der Waals surface area contributed by atoms with E-state index in [1.807, 2.05) is 11.3 Å². The molecular weight excluding hydrogens is 294 g/mol. The standard InChI is InChI=1S/C14H20BrNS/c1-9(14-6-12(15)8-17-14)16-7-13(10-2-3-10)11-4-5-11/h6,8-11,13,16H,2-5,7H2,1H3. The second kappa shape index (κ2) is 5.02. The third-order valence-corrected chi connectivity index (χ3v) is 6.01. The molecule has 0 aliphatic heterocycles. The Hall–Kier alpha value is 0.140. The molecule has 2 aliphatic rings. The molecule has 2 fully saturated rings. The average Bonchev–Trinajstić information content (AvgIpc) is 3.20. The lowest BCUT2D eigenvalue weighted by molar-refractivity contribution is 0.363. The van der Waals surface area contributed by atoms with Crippen molar-refractivity contribution in [2.24, 2.45) is 17.8 Å². The number of hydrogen-bond donors (Lipinski definition) is 1. The Labute approximate surface area is 116 Å². The lowest BCUT2D eigenvalue weighted by Gasteiger charge is -2.19. The van der Waals surface area contributed by atoms with Gasteiger partial charge in [0.15, 0.2) is 0 Å². The molecule has 1 aromatic heterocycles. The Morgan fingerprint density at radius 2 is 2.00 bits per heavy atom. The van der Waals surface area contributed by atoms with E-state index in [9.17, 15) is 0 Å². The fourth-order valence-electron chi connectivity index (χ4n) is 2.74. The molecule has 1 nitrogen and oxygen atoms in total. The zero-order valence-electron chi connectivity index (χ0n) is 10.3. The SMILES string of the molecule is CC(NCC(C1CC1)C1CC1)c1cc(Br)cs1. The summed E-state index contributed by atoms with van der Waals surface area (Å²) in [5, 5.41) is 5.92. The highest BCUT2D eigenvalue weighted by atomic mass is 79.9. The van der Waals surface area contributed by atoms with Crippen molar-refractivity contribution in [2.45, 2.75) is 38.6 Å². The van der Waals surface area contributed by atoms with E-state index in [1.165, 1.54) is 41.6 Å². The van der Waals surface area contributed by atoms with Crippen molar-refractivity contribution in [3.8, 4) is 0 Å². The van der Waals surface area contributed by atoms with Crippen molar-refractivity contribution >= 4 is 27.3 Å². The van der Waals surface area contributed by atoms with Gasteiger partial charge in [0, 0.05) is 20.8 Å². The fraction of sp³-hybridized carbons (Fsp3) is 0.714. The van der Waals surface area contributed by atoms with Crippen molar-refractivity contribution in [2.75, 3.05) is 6.54 Å². The maximum Gasteiger partial charge on any atom is 0.0386 e. The third kappa shape index (κ3) is 3.12. The van der Waals surface area contributed by atoms with Gasteiger partial charge >= 0.3 is 0 Å². The first kappa shape index (κ1) is 12.2. The van der Waals surface area contributed by atoms with Crippen LogP contribution in [-0.4, -0.2) is 6.54 Å². The van der Waals surface area contributed by atoms with E-state index in [2.05, 4.69) is 39.6 Å². The average molecular weight is 314 g/mol. The van der Waals surface area contributed by atoms with Gasteiger partial charge in [-0.3, -0.25) is 0 Å². The van der Waals surface area contributed by atoms with Gasteiger partial charge in [0.05, 0.1) is 0 Å². The van der Waals surface area contributed by atoms with Gasteiger partial charge in [-0.1, -0.05) is 0 Å². The molecule has 0 amide bonds. The topological polar surface area (TPSA) is 12.0 Å². The van der Waals surface area contributed by atoms with Crippen LogP contribution in [0.15, 0.2) is 15.9 Å². The van der Waals surface area contributed by atoms with Crippen molar-refractivity contribution in [1.82, 2.24) is 5.32 Å². The van der Waals surface area contributed by atoms with Crippen LogP contribution in [0.4, 0.5) is 0 Å². The molecule has 3 rings (SSSR count). The summed E-state index contributed by atoms with van der Waals surface area (Å²) in [5.74, 6) is 3.08. The van der Waals surface area contributed by atoms with E-state index in [0.29, 0.717) is 6.04 Å². The molecule has 2 aliphatic carbocycles. The van der Waals surface area contributed by atoms with Crippen molar-refractivity contribution in [3.05, 3.63) is 20.8 Å². The zero-order valence-corrected chi connectivity index (χ0v) is 12.7. The number of nitrogens with one attached hydrogen (secondary N) is 1. The third-order valence-electron chi connectivity index (χ3n) is 4.13. The van der Waals surface area contributed by atoms with Gasteiger partial charge in [-0.05, 0) is 78.9 Å². The van der Waals surface area contributed by atoms with Gasteiger partial charge in [0.1, 0.15) is 0 Å². The summed E-state index contributed by atoms with van der Waals surface area (Å²) in [6, 6.07) is 2.75. The largest absolute Gasteiger partial charge is 0.309 e. The van der Waals surface area contributed by atoms with Crippen LogP contribution in [0.1, 0.15) is 43.5 Å². The smallest absolute Gasteiger partial charge is 0.0386 e. The molecule has 3 heteroatoms. The van der Waals surface area contributed by atoms with Gasteiger partial charge in [0.2, 0.25) is 0 Å². The number of thiophene rings is 1. The number of halogens is 1. The first-order valence-electron chi connectivity index (χ1n) is 6.71. The molecule has 2 saturated carbocycles. The minimum Gasteiger partial charge on any atom is -0.309 e. The normalized spacial score (nSPS) is 22.1. The van der Waals surface area contributed by atoms with Gasteiger partial charge in [0.25, 0.3) is 0 Å². The number of hydrogen-bond acceptors (Lipinski definition) is 2. The first-order valence-corrected chi connectivity index (χ1v) is 8.38. The summed E-state index contributed by atoms with van der Waals surface area (Å²) < 4.78 is 1.21. The Morgan fingerprint density at radius 1 is 1.35 bits per heavy atom. The van der Waals surface area contributed by atoms with E-state index in [4.69, 9.17) is 0 Å². The second-order valence-electron chi connectivity index (χ2n) is 5.64. The first-order chi connectivity index (χ1) is 8.24. The monoisotopic (exact) mass is 313 g/mol. The van der Waals surface area contributed by atoms with Crippen LogP contribution in [0.25, 0.3) is 0 Å². The van der Waals surface area contributed by atoms with Crippen LogP contribution < -0.4 is 5.32 Å². The van der Waals surface area contributed by atoms with Crippen LogP contribution >= 0.6 is 27.3 Å². The maximum atomic E-state index is 3.74. The van der Waals surface area contributed by atoms with Crippen molar-refractivity contribution in [1.29, 1.82) is 0 Å². The molecule has 1 N–H and O–H groups in total. The second-order valence-corrected chi connectivity index (χ2v) is 7.49. The maximum absolute atomic E-state index is 3.74. The minimum absolute atomic E-state index is 0.506. The van der Waals surface area contributed by atoms with Crippen LogP contribution in [0.3, 0.4) is 0 Å². The van der Waals surface area contributed by atoms with E-state index in [1.54, 1.807) is 0 Å². The Bertz CT molecular complexity index is 369. The van der Waals surface area contributed by atoms with Crippen LogP contribution in [-0.2, 0) is 0 Å². The highest BCUT2D eigenvalue weighted by Gasteiger charge is 2.41. The molecule has 1 atom stereocenters. The minimum atomic E-state index is 0.506. The highest BCUT2D eigenvalue weighted by molar-refractivity contribution is 9.10. The molecule has 17 heavy (non-hydrogen) atoms. The van der Waals surface area contributed by atoms with Crippen LogP contribution in [0, 0.1) is 17.8 Å². The molecule has 0 radical (unpaired) electrons. The van der Waals surface area contributed by atoms with Crippen LogP contribution in [0.2, 0.25) is 0 Å². The summed E-state index contributed by atoms with van der Waals surface area (Å²) in [7, 11) is 0. The Balaban J connectivity index is 1.52. The molecule has 1 heterocycles. The molecule has 94 valence electrons. The van der Waals surface area contributed by atoms with E-state index < -0.39 is 0 Å². The molecule has 1 aromatic rings. The Kier molecular flexibility index (Phi) is 3.60. The predicted octanol–water partition coefficient (Wildman–Crippen LogP) is 4.60. The summed E-state index contributed by atoms with van der Waals surface area (Å²) in [6.45, 7) is 3.52. The van der Waals surface area contributed by atoms with Crippen molar-refractivity contribution < 1.29 is 0 Å². The van der Waals surface area contributed by atoms with E-state index >= 15 is 0 Å². The summed E-state index contributed by atoms with van der Waals surface area (Å²) in [4.78, 5) is 1.45. The quantitative estimate of drug-likeness (QED) is 0.809. The zero-order chi connectivity index (χ0) is 11.8. The van der Waals surface area contributed by atoms with E-state index in [-0.39, 0.29) is 0 Å². The molecule has 0 saturated heterocycles. The molecule has 1 unspecified atom stereocenters. The predicted molar refractivity (Wildman–Crippen MR) is 77.4 cm³/mol. The van der Waals surface area contributed by atoms with Crippen molar-refractivity contribution in [3.63, 3.8) is 0 Å². The fourth-order valence-corrected chi connectivity index (χ4v) is 4.21. The van der Waals surface area contributed by atoms with Crippen LogP contribution in [0.5, 0.6) is 0 Å². The molecule has 0 spiro atoms. The van der Waals surface area contributed by atoms with Gasteiger partial charge in [-0.25, -0.2) is 0 Å². The summed E-state index contributed by atoms with van der Waals surface area (Å²) >= 11 is 5.38. The molecular formula is C14H20BrNS. The highest BCUT2D eigenvalue weighted by Crippen LogP contribution is 2.49. The Morgan fingerprint density at radius 3 is 2.47 bits per heavy atom.